The van der Waals surface area contributed by atoms with Crippen molar-refractivity contribution in [3.8, 4) is 0 Å². The van der Waals surface area contributed by atoms with Crippen LogP contribution in [-0.4, -0.2) is 11.3 Å². The first-order valence-corrected chi connectivity index (χ1v) is 9.53. The van der Waals surface area contributed by atoms with Gasteiger partial charge in [-0.25, -0.2) is 0 Å². The first-order chi connectivity index (χ1) is 11.4. The fourth-order valence-corrected chi connectivity index (χ4v) is 5.01. The summed E-state index contributed by atoms with van der Waals surface area (Å²) in [6.07, 6.45) is 9.56. The molecule has 2 aromatic carbocycles. The summed E-state index contributed by atoms with van der Waals surface area (Å²) in [6, 6.07) is 11.8. The molecular weight excluding hydrogens is 298 g/mol. The van der Waals surface area contributed by atoms with Gasteiger partial charge in [-0.1, -0.05) is 48.1 Å². The van der Waals surface area contributed by atoms with Crippen molar-refractivity contribution >= 4 is 33.7 Å². The van der Waals surface area contributed by atoms with Gasteiger partial charge in [0.25, 0.3) is 0 Å². The van der Waals surface area contributed by atoms with Gasteiger partial charge in [-0.05, 0) is 58.7 Å². The molecule has 1 atom stereocenters. The van der Waals surface area contributed by atoms with Gasteiger partial charge in [0, 0.05) is 5.75 Å². The van der Waals surface area contributed by atoms with Gasteiger partial charge in [0.05, 0.1) is 11.6 Å². The summed E-state index contributed by atoms with van der Waals surface area (Å²) in [4.78, 5) is 4.65. The number of rotatable bonds is 1. The third-order valence-electron chi connectivity index (χ3n) is 5.38. The molecule has 0 fully saturated rings. The molecule has 0 amide bonds. The van der Waals surface area contributed by atoms with Crippen LogP contribution in [0.25, 0.3) is 16.3 Å². The largest absolute Gasteiger partial charge is 0.277 e. The van der Waals surface area contributed by atoms with Gasteiger partial charge in [0.1, 0.15) is 0 Å². The fraction of sp³-hybridized carbons (Fsp3) is 0.286. The highest BCUT2D eigenvalue weighted by Gasteiger charge is 2.22. The van der Waals surface area contributed by atoms with Crippen LogP contribution in [0.3, 0.4) is 0 Å². The van der Waals surface area contributed by atoms with E-state index >= 15 is 0 Å². The molecule has 0 bridgehead atoms. The Morgan fingerprint density at radius 3 is 2.91 bits per heavy atom. The van der Waals surface area contributed by atoms with Gasteiger partial charge in [-0.15, -0.1) is 11.8 Å². The summed E-state index contributed by atoms with van der Waals surface area (Å²) < 4.78 is 0. The first kappa shape index (κ1) is 13.6. The lowest BCUT2D eigenvalue weighted by Gasteiger charge is -2.26. The highest BCUT2D eigenvalue weighted by molar-refractivity contribution is 8.12. The molecule has 1 heterocycles. The van der Waals surface area contributed by atoms with E-state index in [9.17, 15) is 0 Å². The molecule has 0 saturated carbocycles. The minimum Gasteiger partial charge on any atom is -0.277 e. The summed E-state index contributed by atoms with van der Waals surface area (Å²) >= 11 is 1.82. The molecule has 1 unspecified atom stereocenters. The zero-order chi connectivity index (χ0) is 15.2. The second-order valence-electron chi connectivity index (χ2n) is 6.60. The molecule has 23 heavy (non-hydrogen) atoms. The molecule has 0 aromatic heterocycles. The van der Waals surface area contributed by atoms with Crippen LogP contribution in [0.4, 0.5) is 0 Å². The first-order valence-electron chi connectivity index (χ1n) is 8.48. The van der Waals surface area contributed by atoms with E-state index in [1.54, 1.807) is 11.1 Å². The molecule has 0 radical (unpaired) electrons. The normalized spacial score (nSPS) is 22.5. The molecule has 0 spiro atoms. The number of benzene rings is 2. The van der Waals surface area contributed by atoms with Gasteiger partial charge in [-0.2, -0.15) is 0 Å². The number of aliphatic imine (C=N–C) groups is 1. The van der Waals surface area contributed by atoms with E-state index < -0.39 is 0 Å². The predicted octanol–water partition coefficient (Wildman–Crippen LogP) is 5.71. The Labute approximate surface area is 141 Å². The molecule has 2 aromatic rings. The molecular formula is C21H19NS. The van der Waals surface area contributed by atoms with Crippen molar-refractivity contribution in [1.29, 1.82) is 0 Å². The maximum absolute atomic E-state index is 4.65. The predicted molar refractivity (Wildman–Crippen MR) is 101 cm³/mol. The molecule has 0 saturated heterocycles. The van der Waals surface area contributed by atoms with E-state index in [4.69, 9.17) is 0 Å². The molecule has 114 valence electrons. The Balaban J connectivity index is 1.73. The van der Waals surface area contributed by atoms with E-state index in [2.05, 4.69) is 47.5 Å². The Morgan fingerprint density at radius 2 is 2.00 bits per heavy atom. The van der Waals surface area contributed by atoms with Crippen molar-refractivity contribution in [3.63, 3.8) is 0 Å². The van der Waals surface area contributed by atoms with Crippen molar-refractivity contribution in [2.75, 3.05) is 5.75 Å². The topological polar surface area (TPSA) is 12.4 Å². The van der Waals surface area contributed by atoms with Crippen LogP contribution < -0.4 is 0 Å². The maximum Gasteiger partial charge on any atom is 0.0855 e. The van der Waals surface area contributed by atoms with Gasteiger partial charge in [0.2, 0.25) is 0 Å². The highest BCUT2D eigenvalue weighted by Crippen LogP contribution is 2.41. The smallest absolute Gasteiger partial charge is 0.0855 e. The maximum atomic E-state index is 4.65. The van der Waals surface area contributed by atoms with E-state index in [-0.39, 0.29) is 0 Å². The van der Waals surface area contributed by atoms with Crippen LogP contribution in [0.15, 0.2) is 53.0 Å². The average Bonchev–Trinajstić information content (AvgIpc) is 3.15. The fourth-order valence-electron chi connectivity index (χ4n) is 4.25. The average molecular weight is 317 g/mol. The lowest BCUT2D eigenvalue weighted by molar-refractivity contribution is 0.830. The minimum atomic E-state index is 0.328. The van der Waals surface area contributed by atoms with Crippen LogP contribution in [0, 0.1) is 0 Å². The van der Waals surface area contributed by atoms with E-state index in [0.29, 0.717) is 6.04 Å². The zero-order valence-corrected chi connectivity index (χ0v) is 13.9. The van der Waals surface area contributed by atoms with Crippen LogP contribution >= 0.6 is 11.8 Å². The van der Waals surface area contributed by atoms with Gasteiger partial charge >= 0.3 is 0 Å². The standard InChI is InChI=1S/C21H19NS/c1-2-5-15-14(4-1)8-9-18-16-6-3-7-20(21-12-23-13-22-21)19(16)11-10-17(15)18/h2-3,5-7,10-11,13,21H,1,4,8-9,12H2. The van der Waals surface area contributed by atoms with Crippen molar-refractivity contribution in [2.24, 2.45) is 4.99 Å². The molecule has 1 aliphatic heterocycles. The number of thioether (sulfide) groups is 1. The molecule has 2 aliphatic carbocycles. The van der Waals surface area contributed by atoms with Crippen LogP contribution in [0.5, 0.6) is 0 Å². The van der Waals surface area contributed by atoms with E-state index in [1.165, 1.54) is 53.2 Å². The van der Waals surface area contributed by atoms with Crippen molar-refractivity contribution in [1.82, 2.24) is 0 Å². The molecule has 5 rings (SSSR count). The Hall–Kier alpha value is -1.80. The third kappa shape index (κ3) is 2.12. The van der Waals surface area contributed by atoms with Crippen molar-refractivity contribution < 1.29 is 0 Å². The lowest BCUT2D eigenvalue weighted by Crippen LogP contribution is -2.07. The van der Waals surface area contributed by atoms with Gasteiger partial charge < -0.3 is 0 Å². The van der Waals surface area contributed by atoms with Crippen LogP contribution in [-0.2, 0) is 6.42 Å². The minimum absolute atomic E-state index is 0.328. The number of allylic oxidation sites excluding steroid dienone is 4. The number of fused-ring (bicyclic) bond motifs is 4. The summed E-state index contributed by atoms with van der Waals surface area (Å²) in [5.74, 6) is 1.08. The summed E-state index contributed by atoms with van der Waals surface area (Å²) in [7, 11) is 0. The number of nitrogens with zero attached hydrogens (tertiary/aromatic N) is 1. The summed E-state index contributed by atoms with van der Waals surface area (Å²) in [5, 5.41) is 2.84. The SMILES string of the molecule is C1=CC2=C(CC1)CCc1c2ccc2c(C3CSC=N3)cccc12. The third-order valence-corrected chi connectivity index (χ3v) is 6.16. The van der Waals surface area contributed by atoms with E-state index in [0.717, 1.165) is 5.75 Å². The summed E-state index contributed by atoms with van der Waals surface area (Å²) in [6.45, 7) is 0. The zero-order valence-electron chi connectivity index (χ0n) is 13.1. The monoisotopic (exact) mass is 317 g/mol. The van der Waals surface area contributed by atoms with Crippen molar-refractivity contribution in [2.45, 2.75) is 31.7 Å². The van der Waals surface area contributed by atoms with Gasteiger partial charge in [-0.3, -0.25) is 4.99 Å². The number of hydrogen-bond donors (Lipinski definition) is 0. The molecule has 1 nitrogen and oxygen atoms in total. The molecule has 0 N–H and O–H groups in total. The number of hydrogen-bond acceptors (Lipinski definition) is 2. The lowest BCUT2D eigenvalue weighted by atomic mass is 9.79. The van der Waals surface area contributed by atoms with Crippen molar-refractivity contribution in [3.05, 3.63) is 64.7 Å². The summed E-state index contributed by atoms with van der Waals surface area (Å²) in [5.41, 5.74) is 9.57. The second kappa shape index (κ2) is 5.38. The number of aryl methyl sites for hydroxylation is 1. The van der Waals surface area contributed by atoms with E-state index in [1.807, 2.05) is 17.3 Å². The van der Waals surface area contributed by atoms with Gasteiger partial charge in [0.15, 0.2) is 0 Å². The van der Waals surface area contributed by atoms with Crippen LogP contribution in [0.2, 0.25) is 0 Å². The highest BCUT2D eigenvalue weighted by atomic mass is 32.2. The Morgan fingerprint density at radius 1 is 1.00 bits per heavy atom. The van der Waals surface area contributed by atoms with Crippen LogP contribution in [0.1, 0.15) is 42.0 Å². The molecule has 2 heteroatoms. The second-order valence-corrected chi connectivity index (χ2v) is 7.47. The molecule has 3 aliphatic rings. The Bertz CT molecular complexity index is 888. The Kier molecular flexibility index (Phi) is 3.19. The quantitative estimate of drug-likeness (QED) is 0.656.